The van der Waals surface area contributed by atoms with Gasteiger partial charge in [-0.3, -0.25) is 0 Å². The largest absolute Gasteiger partial charge is 0.338 e. The van der Waals surface area contributed by atoms with Crippen LogP contribution < -0.4 is 10.2 Å². The summed E-state index contributed by atoms with van der Waals surface area (Å²) in [6.07, 6.45) is 6.01. The second-order valence-corrected chi connectivity index (χ2v) is 5.70. The lowest BCUT2D eigenvalue weighted by molar-refractivity contribution is 0.564. The quantitative estimate of drug-likeness (QED) is 0.882. The molecule has 0 spiro atoms. The molecule has 4 nitrogen and oxygen atoms in total. The molecule has 100 valence electrons. The molecule has 0 saturated carbocycles. The Labute approximate surface area is 109 Å². The van der Waals surface area contributed by atoms with E-state index in [4.69, 9.17) is 4.98 Å². The van der Waals surface area contributed by atoms with Gasteiger partial charge in [0.15, 0.2) is 0 Å². The minimum atomic E-state index is 0.673. The summed E-state index contributed by atoms with van der Waals surface area (Å²) < 4.78 is 2.36. The molecule has 2 aliphatic heterocycles. The van der Waals surface area contributed by atoms with Crippen LogP contribution in [0.5, 0.6) is 0 Å². The van der Waals surface area contributed by atoms with Crippen LogP contribution in [0, 0.1) is 12.8 Å². The zero-order chi connectivity index (χ0) is 12.5. The van der Waals surface area contributed by atoms with Gasteiger partial charge in [0.2, 0.25) is 5.95 Å². The van der Waals surface area contributed by atoms with Crippen molar-refractivity contribution in [3.63, 3.8) is 0 Å². The third-order valence-corrected chi connectivity index (χ3v) is 4.33. The van der Waals surface area contributed by atoms with E-state index in [0.29, 0.717) is 6.04 Å². The molecular weight excluding hydrogens is 224 g/mol. The maximum Gasteiger partial charge on any atom is 0.206 e. The van der Waals surface area contributed by atoms with Gasteiger partial charge in [-0.15, -0.1) is 0 Å². The molecule has 4 heteroatoms. The molecule has 2 saturated heterocycles. The van der Waals surface area contributed by atoms with E-state index < -0.39 is 0 Å². The zero-order valence-electron chi connectivity index (χ0n) is 11.5. The van der Waals surface area contributed by atoms with Crippen molar-refractivity contribution in [3.05, 3.63) is 11.9 Å². The van der Waals surface area contributed by atoms with E-state index in [0.717, 1.165) is 24.7 Å². The van der Waals surface area contributed by atoms with Gasteiger partial charge >= 0.3 is 0 Å². The monoisotopic (exact) mass is 248 g/mol. The lowest BCUT2D eigenvalue weighted by atomic mass is 10.1. The topological polar surface area (TPSA) is 33.1 Å². The van der Waals surface area contributed by atoms with Crippen molar-refractivity contribution in [1.82, 2.24) is 14.9 Å². The van der Waals surface area contributed by atoms with Crippen LogP contribution in [0.1, 0.15) is 31.9 Å². The number of hydrogen-bond acceptors (Lipinski definition) is 3. The predicted molar refractivity (Wildman–Crippen MR) is 74.0 cm³/mol. The van der Waals surface area contributed by atoms with Crippen molar-refractivity contribution >= 4 is 5.95 Å². The van der Waals surface area contributed by atoms with Crippen LogP contribution in [0.2, 0.25) is 0 Å². The van der Waals surface area contributed by atoms with Crippen LogP contribution in [-0.4, -0.2) is 35.2 Å². The Hall–Kier alpha value is -1.03. The van der Waals surface area contributed by atoms with E-state index in [1.165, 1.54) is 38.3 Å². The first kappa shape index (κ1) is 12.0. The number of nitrogens with zero attached hydrogens (tertiary/aromatic N) is 3. The van der Waals surface area contributed by atoms with Crippen molar-refractivity contribution in [3.8, 4) is 0 Å². The van der Waals surface area contributed by atoms with Crippen molar-refractivity contribution in [2.45, 2.75) is 45.7 Å². The fraction of sp³-hybridized carbons (Fsp3) is 0.786. The molecule has 2 fully saturated rings. The Morgan fingerprint density at radius 3 is 3.17 bits per heavy atom. The second-order valence-electron chi connectivity index (χ2n) is 5.70. The number of aromatic nitrogens is 2. The number of unbranched alkanes of at least 4 members (excludes halogenated alkanes) is 1. The molecule has 0 radical (unpaired) electrons. The van der Waals surface area contributed by atoms with Gasteiger partial charge < -0.3 is 14.8 Å². The molecule has 0 amide bonds. The molecule has 18 heavy (non-hydrogen) atoms. The highest BCUT2D eigenvalue weighted by Gasteiger charge is 2.39. The van der Waals surface area contributed by atoms with Gasteiger partial charge in [-0.2, -0.15) is 0 Å². The molecule has 1 aromatic rings. The van der Waals surface area contributed by atoms with Crippen LogP contribution in [0.4, 0.5) is 5.95 Å². The van der Waals surface area contributed by atoms with Gasteiger partial charge in [-0.05, 0) is 25.7 Å². The Morgan fingerprint density at radius 2 is 2.33 bits per heavy atom. The van der Waals surface area contributed by atoms with E-state index in [9.17, 15) is 0 Å². The van der Waals surface area contributed by atoms with Gasteiger partial charge in [0.25, 0.3) is 0 Å². The van der Waals surface area contributed by atoms with Crippen molar-refractivity contribution in [2.75, 3.05) is 24.5 Å². The Balaban J connectivity index is 1.82. The van der Waals surface area contributed by atoms with Gasteiger partial charge in [0, 0.05) is 38.4 Å². The van der Waals surface area contributed by atoms with Gasteiger partial charge in [-0.1, -0.05) is 13.3 Å². The third-order valence-electron chi connectivity index (χ3n) is 4.33. The molecule has 3 heterocycles. The number of nitrogens with one attached hydrogen (secondary N) is 1. The lowest BCUT2D eigenvalue weighted by Crippen LogP contribution is -2.36. The summed E-state index contributed by atoms with van der Waals surface area (Å²) in [6, 6.07) is 0.673. The Kier molecular flexibility index (Phi) is 3.29. The maximum absolute atomic E-state index is 4.77. The fourth-order valence-corrected chi connectivity index (χ4v) is 3.35. The summed E-state index contributed by atoms with van der Waals surface area (Å²) in [5.74, 6) is 2.04. The maximum atomic E-state index is 4.77. The highest BCUT2D eigenvalue weighted by atomic mass is 15.4. The summed E-state index contributed by atoms with van der Waals surface area (Å²) in [5.41, 5.74) is 1.15. The first-order chi connectivity index (χ1) is 8.79. The smallest absolute Gasteiger partial charge is 0.206 e. The van der Waals surface area contributed by atoms with Crippen molar-refractivity contribution in [2.24, 2.45) is 5.92 Å². The zero-order valence-corrected chi connectivity index (χ0v) is 11.5. The van der Waals surface area contributed by atoms with E-state index in [-0.39, 0.29) is 0 Å². The number of aryl methyl sites for hydroxylation is 2. The summed E-state index contributed by atoms with van der Waals surface area (Å²) >= 11 is 0. The van der Waals surface area contributed by atoms with E-state index in [1.807, 2.05) is 0 Å². The molecule has 2 atom stereocenters. The number of anilines is 1. The number of rotatable bonds is 4. The average Bonchev–Trinajstić information content (AvgIpc) is 3.00. The SMILES string of the molecule is CCCCn1cc(C)nc1N1CC[C@H]2CNC[C@H]21. The predicted octanol–water partition coefficient (Wildman–Crippen LogP) is 1.79. The second kappa shape index (κ2) is 4.92. The minimum absolute atomic E-state index is 0.673. The first-order valence-corrected chi connectivity index (χ1v) is 7.30. The molecule has 2 aliphatic rings. The first-order valence-electron chi connectivity index (χ1n) is 7.30. The molecule has 0 bridgehead atoms. The number of hydrogen-bond donors (Lipinski definition) is 1. The van der Waals surface area contributed by atoms with Crippen LogP contribution >= 0.6 is 0 Å². The summed E-state index contributed by atoms with van der Waals surface area (Å²) in [4.78, 5) is 7.30. The fourth-order valence-electron chi connectivity index (χ4n) is 3.35. The van der Waals surface area contributed by atoms with Crippen LogP contribution in [0.25, 0.3) is 0 Å². The normalized spacial score (nSPS) is 26.9. The molecule has 1 aromatic heterocycles. The highest BCUT2D eigenvalue weighted by molar-refractivity contribution is 5.38. The van der Waals surface area contributed by atoms with Gasteiger partial charge in [0.05, 0.1) is 5.69 Å². The van der Waals surface area contributed by atoms with Crippen LogP contribution in [0.15, 0.2) is 6.20 Å². The number of imidazole rings is 1. The highest BCUT2D eigenvalue weighted by Crippen LogP contribution is 2.31. The molecule has 0 aromatic carbocycles. The van der Waals surface area contributed by atoms with Crippen molar-refractivity contribution < 1.29 is 0 Å². The van der Waals surface area contributed by atoms with Crippen LogP contribution in [-0.2, 0) is 6.54 Å². The minimum Gasteiger partial charge on any atom is -0.338 e. The van der Waals surface area contributed by atoms with Gasteiger partial charge in [0.1, 0.15) is 0 Å². The molecule has 0 unspecified atom stereocenters. The molecule has 0 aliphatic carbocycles. The summed E-state index contributed by atoms with van der Waals surface area (Å²) in [6.45, 7) is 8.95. The van der Waals surface area contributed by atoms with E-state index in [2.05, 4.69) is 34.8 Å². The third kappa shape index (κ3) is 2.03. The Morgan fingerprint density at radius 1 is 1.44 bits per heavy atom. The summed E-state index contributed by atoms with van der Waals surface area (Å²) in [5, 5.41) is 3.51. The molecular formula is C14H24N4. The average molecular weight is 248 g/mol. The Bertz CT molecular complexity index is 412. The van der Waals surface area contributed by atoms with Crippen LogP contribution in [0.3, 0.4) is 0 Å². The van der Waals surface area contributed by atoms with Gasteiger partial charge in [-0.25, -0.2) is 4.98 Å². The summed E-state index contributed by atoms with van der Waals surface area (Å²) in [7, 11) is 0. The molecule has 1 N–H and O–H groups in total. The van der Waals surface area contributed by atoms with E-state index >= 15 is 0 Å². The molecule has 3 rings (SSSR count). The van der Waals surface area contributed by atoms with E-state index in [1.54, 1.807) is 0 Å². The number of fused-ring (bicyclic) bond motifs is 1. The standard InChI is InChI=1S/C14H24N4/c1-3-4-6-17-10-11(2)16-14(17)18-7-5-12-8-15-9-13(12)18/h10,12-13,15H,3-9H2,1-2H3/t12-,13+/m0/s1. The lowest BCUT2D eigenvalue weighted by Gasteiger charge is -2.25. The van der Waals surface area contributed by atoms with Crippen molar-refractivity contribution in [1.29, 1.82) is 0 Å².